The van der Waals surface area contributed by atoms with Crippen LogP contribution in [0, 0.1) is 0 Å². The molecule has 0 aliphatic heterocycles. The lowest BCUT2D eigenvalue weighted by atomic mass is 10.1. The summed E-state index contributed by atoms with van der Waals surface area (Å²) in [5.74, 6) is -0.211. The van der Waals surface area contributed by atoms with Gasteiger partial charge in [-0.15, -0.1) is 0 Å². The molecule has 0 fully saturated rings. The van der Waals surface area contributed by atoms with Gasteiger partial charge >= 0.3 is 0 Å². The molecular formula is C16H25NO2. The Kier molecular flexibility index (Phi) is 7.19. The molecule has 0 atom stereocenters. The van der Waals surface area contributed by atoms with Crippen LogP contribution in [0.5, 0.6) is 0 Å². The van der Waals surface area contributed by atoms with Crippen molar-refractivity contribution < 1.29 is 10.0 Å². The topological polar surface area (TPSA) is 40.5 Å². The summed E-state index contributed by atoms with van der Waals surface area (Å²) in [6.45, 7) is 4.18. The Morgan fingerprint density at radius 1 is 1.11 bits per heavy atom. The Labute approximate surface area is 116 Å². The van der Waals surface area contributed by atoms with Crippen LogP contribution in [0.1, 0.15) is 57.9 Å². The first-order valence-electron chi connectivity index (χ1n) is 7.30. The third-order valence-electron chi connectivity index (χ3n) is 3.33. The summed E-state index contributed by atoms with van der Waals surface area (Å²) in [5, 5.41) is 10.8. The third-order valence-corrected chi connectivity index (χ3v) is 3.33. The number of hydrogen-bond acceptors (Lipinski definition) is 2. The standard InChI is InChI=1S/C16H25NO2/c1-3-5-6-7-8-13-16(18)17(19)15-12-10-9-11-14(15)4-2/h9-12,19H,3-8,13H2,1-2H3. The molecule has 3 nitrogen and oxygen atoms in total. The Bertz CT molecular complexity index is 390. The highest BCUT2D eigenvalue weighted by atomic mass is 16.5. The number of hydroxylamine groups is 1. The second-order valence-corrected chi connectivity index (χ2v) is 4.85. The number of rotatable bonds is 8. The summed E-state index contributed by atoms with van der Waals surface area (Å²) >= 11 is 0. The van der Waals surface area contributed by atoms with Crippen LogP contribution in [0.2, 0.25) is 0 Å². The van der Waals surface area contributed by atoms with E-state index in [9.17, 15) is 10.0 Å². The van der Waals surface area contributed by atoms with Gasteiger partial charge in [-0.1, -0.05) is 57.7 Å². The van der Waals surface area contributed by atoms with E-state index in [4.69, 9.17) is 0 Å². The highest BCUT2D eigenvalue weighted by Crippen LogP contribution is 2.20. The van der Waals surface area contributed by atoms with Crippen molar-refractivity contribution in [2.75, 3.05) is 5.06 Å². The highest BCUT2D eigenvalue weighted by Gasteiger charge is 2.15. The number of carbonyl (C=O) groups is 1. The van der Waals surface area contributed by atoms with E-state index in [1.165, 1.54) is 19.3 Å². The van der Waals surface area contributed by atoms with Crippen LogP contribution >= 0.6 is 0 Å². The molecule has 19 heavy (non-hydrogen) atoms. The molecule has 0 aliphatic carbocycles. The Morgan fingerprint density at radius 3 is 2.47 bits per heavy atom. The molecule has 0 unspecified atom stereocenters. The van der Waals surface area contributed by atoms with Crippen LogP contribution in [-0.4, -0.2) is 11.1 Å². The summed E-state index contributed by atoms with van der Waals surface area (Å²) in [4.78, 5) is 11.9. The first-order chi connectivity index (χ1) is 9.20. The van der Waals surface area contributed by atoms with Gasteiger partial charge < -0.3 is 0 Å². The quantitative estimate of drug-likeness (QED) is 0.431. The van der Waals surface area contributed by atoms with E-state index in [1.54, 1.807) is 6.07 Å². The molecule has 0 spiro atoms. The van der Waals surface area contributed by atoms with Gasteiger partial charge in [0.05, 0.1) is 5.69 Å². The predicted molar refractivity (Wildman–Crippen MR) is 78.5 cm³/mol. The monoisotopic (exact) mass is 263 g/mol. The number of aryl methyl sites for hydroxylation is 1. The van der Waals surface area contributed by atoms with Crippen LogP contribution in [0.15, 0.2) is 24.3 Å². The second-order valence-electron chi connectivity index (χ2n) is 4.85. The minimum absolute atomic E-state index is 0.211. The first kappa shape index (κ1) is 15.7. The summed E-state index contributed by atoms with van der Waals surface area (Å²) in [5.41, 5.74) is 1.60. The van der Waals surface area contributed by atoms with Crippen molar-refractivity contribution in [2.45, 2.75) is 58.8 Å². The zero-order valence-electron chi connectivity index (χ0n) is 12.1. The average molecular weight is 263 g/mol. The average Bonchev–Trinajstić information content (AvgIpc) is 2.46. The molecule has 0 aliphatic rings. The number of para-hydroxylation sites is 1. The minimum Gasteiger partial charge on any atom is -0.281 e. The summed E-state index contributed by atoms with van der Waals surface area (Å²) in [6, 6.07) is 7.48. The SMILES string of the molecule is CCCCCCCC(=O)N(O)c1ccccc1CC. The largest absolute Gasteiger partial charge is 0.281 e. The molecule has 0 saturated heterocycles. The first-order valence-corrected chi connectivity index (χ1v) is 7.30. The normalized spacial score (nSPS) is 10.5. The van der Waals surface area contributed by atoms with E-state index in [1.807, 2.05) is 25.1 Å². The molecule has 1 N–H and O–H groups in total. The predicted octanol–water partition coefficient (Wildman–Crippen LogP) is 4.33. The van der Waals surface area contributed by atoms with Crippen LogP contribution in [0.4, 0.5) is 5.69 Å². The molecule has 0 saturated carbocycles. The lowest BCUT2D eigenvalue weighted by Gasteiger charge is -2.18. The second kappa shape index (κ2) is 8.70. The maximum absolute atomic E-state index is 11.9. The van der Waals surface area contributed by atoms with E-state index in [0.29, 0.717) is 12.1 Å². The fourth-order valence-corrected chi connectivity index (χ4v) is 2.14. The number of carbonyl (C=O) groups excluding carboxylic acids is 1. The van der Waals surface area contributed by atoms with Gasteiger partial charge in [-0.25, -0.2) is 0 Å². The molecule has 0 heterocycles. The summed E-state index contributed by atoms with van der Waals surface area (Å²) < 4.78 is 0. The van der Waals surface area contributed by atoms with Gasteiger partial charge in [-0.2, -0.15) is 5.06 Å². The van der Waals surface area contributed by atoms with Crippen molar-refractivity contribution in [1.82, 2.24) is 0 Å². The number of anilines is 1. The van der Waals surface area contributed by atoms with Gasteiger partial charge in [0, 0.05) is 6.42 Å². The smallest absolute Gasteiger partial charge is 0.250 e. The lowest BCUT2D eigenvalue weighted by molar-refractivity contribution is -0.123. The molecule has 1 amide bonds. The van der Waals surface area contributed by atoms with E-state index in [0.717, 1.165) is 29.9 Å². The van der Waals surface area contributed by atoms with Crippen molar-refractivity contribution in [1.29, 1.82) is 0 Å². The number of unbranched alkanes of at least 4 members (excludes halogenated alkanes) is 4. The van der Waals surface area contributed by atoms with Crippen LogP contribution in [-0.2, 0) is 11.2 Å². The maximum Gasteiger partial charge on any atom is 0.250 e. The van der Waals surface area contributed by atoms with Gasteiger partial charge in [-0.05, 0) is 24.5 Å². The van der Waals surface area contributed by atoms with E-state index >= 15 is 0 Å². The zero-order valence-corrected chi connectivity index (χ0v) is 12.1. The zero-order chi connectivity index (χ0) is 14.1. The van der Waals surface area contributed by atoms with E-state index in [2.05, 4.69) is 6.92 Å². The Balaban J connectivity index is 2.47. The van der Waals surface area contributed by atoms with Crippen LogP contribution in [0.25, 0.3) is 0 Å². The number of amides is 1. The molecule has 0 radical (unpaired) electrons. The Hall–Kier alpha value is -1.35. The van der Waals surface area contributed by atoms with Gasteiger partial charge in [0.2, 0.25) is 0 Å². The minimum atomic E-state index is -0.211. The third kappa shape index (κ3) is 5.03. The van der Waals surface area contributed by atoms with Crippen LogP contribution in [0.3, 0.4) is 0 Å². The maximum atomic E-state index is 11.9. The van der Waals surface area contributed by atoms with Crippen molar-refractivity contribution in [3.8, 4) is 0 Å². The van der Waals surface area contributed by atoms with Gasteiger partial charge in [-0.3, -0.25) is 10.0 Å². The molecule has 1 aromatic carbocycles. The van der Waals surface area contributed by atoms with Gasteiger partial charge in [0.15, 0.2) is 0 Å². The molecule has 1 rings (SSSR count). The Morgan fingerprint density at radius 2 is 1.79 bits per heavy atom. The van der Waals surface area contributed by atoms with Crippen molar-refractivity contribution >= 4 is 11.6 Å². The highest BCUT2D eigenvalue weighted by molar-refractivity contribution is 5.91. The molecule has 0 aromatic heterocycles. The lowest BCUT2D eigenvalue weighted by Crippen LogP contribution is -2.27. The van der Waals surface area contributed by atoms with E-state index < -0.39 is 0 Å². The fraction of sp³-hybridized carbons (Fsp3) is 0.562. The summed E-state index contributed by atoms with van der Waals surface area (Å²) in [7, 11) is 0. The van der Waals surface area contributed by atoms with Crippen LogP contribution < -0.4 is 5.06 Å². The molecule has 3 heteroatoms. The summed E-state index contributed by atoms with van der Waals surface area (Å²) in [6.07, 6.45) is 6.71. The molecule has 1 aromatic rings. The van der Waals surface area contributed by atoms with Crippen molar-refractivity contribution in [3.63, 3.8) is 0 Å². The van der Waals surface area contributed by atoms with Gasteiger partial charge in [0.25, 0.3) is 5.91 Å². The molecule has 0 bridgehead atoms. The molecular weight excluding hydrogens is 238 g/mol. The molecule has 106 valence electrons. The van der Waals surface area contributed by atoms with Gasteiger partial charge in [0.1, 0.15) is 0 Å². The fourth-order valence-electron chi connectivity index (χ4n) is 2.14. The number of nitrogens with zero attached hydrogens (tertiary/aromatic N) is 1. The van der Waals surface area contributed by atoms with Crippen molar-refractivity contribution in [3.05, 3.63) is 29.8 Å². The number of hydrogen-bond donors (Lipinski definition) is 1. The van der Waals surface area contributed by atoms with Crippen molar-refractivity contribution in [2.24, 2.45) is 0 Å². The number of benzene rings is 1. The van der Waals surface area contributed by atoms with E-state index in [-0.39, 0.29) is 5.91 Å².